The molecule has 2 atom stereocenters. The molecule has 1 aliphatic heterocycles. The number of anilines is 1. The zero-order chi connectivity index (χ0) is 19.3. The zero-order valence-electron chi connectivity index (χ0n) is 15.4. The molecule has 140 valence electrons. The lowest BCUT2D eigenvalue weighted by Gasteiger charge is -2.34. The van der Waals surface area contributed by atoms with Gasteiger partial charge in [-0.15, -0.1) is 0 Å². The molecule has 2 heterocycles. The van der Waals surface area contributed by atoms with Crippen LogP contribution in [0.5, 0.6) is 0 Å². The summed E-state index contributed by atoms with van der Waals surface area (Å²) in [5.41, 5.74) is 5.71. The Kier molecular flexibility index (Phi) is 4.09. The minimum Gasteiger partial charge on any atom is -0.338 e. The fraction of sp³-hybridized carbons (Fsp3) is 0.217. The first-order chi connectivity index (χ1) is 13.6. The van der Waals surface area contributed by atoms with E-state index in [4.69, 9.17) is 16.1 Å². The number of aryl methyl sites for hydroxylation is 1. The number of hydrogen-bond donors (Lipinski definition) is 1. The summed E-state index contributed by atoms with van der Waals surface area (Å²) in [7, 11) is 0. The number of nitrogens with zero attached hydrogens (tertiary/aromatic N) is 1. The summed E-state index contributed by atoms with van der Waals surface area (Å²) in [4.78, 5) is 13.3. The molecule has 2 aliphatic rings. The van der Waals surface area contributed by atoms with Gasteiger partial charge < -0.3 is 9.84 Å². The molecule has 28 heavy (non-hydrogen) atoms. The Morgan fingerprint density at radius 1 is 1.04 bits per heavy atom. The number of ketones is 1. The molecule has 5 heteroatoms. The lowest BCUT2D eigenvalue weighted by Crippen LogP contribution is -2.29. The van der Waals surface area contributed by atoms with Gasteiger partial charge in [0, 0.05) is 28.6 Å². The van der Waals surface area contributed by atoms with Crippen molar-refractivity contribution in [3.05, 3.63) is 93.3 Å². The quantitative estimate of drug-likeness (QED) is 0.619. The van der Waals surface area contributed by atoms with E-state index in [9.17, 15) is 4.79 Å². The zero-order valence-corrected chi connectivity index (χ0v) is 16.2. The Morgan fingerprint density at radius 2 is 1.79 bits per heavy atom. The highest BCUT2D eigenvalue weighted by Crippen LogP contribution is 2.49. The normalized spacial score (nSPS) is 21.1. The molecule has 0 bridgehead atoms. The molecule has 1 N–H and O–H groups in total. The van der Waals surface area contributed by atoms with Crippen molar-refractivity contribution in [3.8, 4) is 0 Å². The van der Waals surface area contributed by atoms with Gasteiger partial charge in [0.15, 0.2) is 5.78 Å². The second-order valence-corrected chi connectivity index (χ2v) is 7.89. The van der Waals surface area contributed by atoms with Crippen molar-refractivity contribution >= 4 is 23.3 Å². The predicted molar refractivity (Wildman–Crippen MR) is 109 cm³/mol. The van der Waals surface area contributed by atoms with Crippen LogP contribution in [0.3, 0.4) is 0 Å². The molecule has 3 aromatic rings. The maximum Gasteiger partial charge on any atom is 0.233 e. The number of carbonyl (C=O) groups excluding carboxylic acids is 1. The van der Waals surface area contributed by atoms with Gasteiger partial charge in [0.1, 0.15) is 0 Å². The van der Waals surface area contributed by atoms with E-state index >= 15 is 0 Å². The molecular weight excluding hydrogens is 372 g/mol. The molecule has 0 saturated carbocycles. The van der Waals surface area contributed by atoms with Crippen LogP contribution in [-0.2, 0) is 4.79 Å². The third-order valence-corrected chi connectivity index (χ3v) is 5.98. The van der Waals surface area contributed by atoms with E-state index in [1.807, 2.05) is 49.4 Å². The standard InChI is InChI=1S/C23H19ClN2O2/c1-13-20-21(15-7-9-17(24)10-8-15)22-18(25-23(20)28-26-13)11-16(12-19(22)27)14-5-3-2-4-6-14/h2-10,16,21,25H,11-12H2,1H3/t16-,21-/m1/s1. The first kappa shape index (κ1) is 17.3. The van der Waals surface area contributed by atoms with Gasteiger partial charge in [-0.1, -0.05) is 59.2 Å². The van der Waals surface area contributed by atoms with Crippen molar-refractivity contribution in [2.45, 2.75) is 31.6 Å². The van der Waals surface area contributed by atoms with Crippen LogP contribution in [0.25, 0.3) is 0 Å². The van der Waals surface area contributed by atoms with Gasteiger partial charge in [0.05, 0.1) is 11.3 Å². The Hall–Kier alpha value is -2.85. The summed E-state index contributed by atoms with van der Waals surface area (Å²) >= 11 is 6.09. The Balaban J connectivity index is 1.63. The van der Waals surface area contributed by atoms with Crippen molar-refractivity contribution in [2.24, 2.45) is 0 Å². The molecule has 0 saturated heterocycles. The number of carbonyl (C=O) groups is 1. The third kappa shape index (κ3) is 2.76. The van der Waals surface area contributed by atoms with Gasteiger partial charge in [-0.2, -0.15) is 0 Å². The molecule has 0 radical (unpaired) electrons. The molecule has 1 aromatic heterocycles. The molecule has 1 aliphatic carbocycles. The van der Waals surface area contributed by atoms with Crippen LogP contribution >= 0.6 is 11.6 Å². The van der Waals surface area contributed by atoms with E-state index in [0.717, 1.165) is 34.5 Å². The van der Waals surface area contributed by atoms with Gasteiger partial charge in [-0.25, -0.2) is 0 Å². The molecular formula is C23H19ClN2O2. The van der Waals surface area contributed by atoms with Gasteiger partial charge >= 0.3 is 0 Å². The summed E-state index contributed by atoms with van der Waals surface area (Å²) in [6, 6.07) is 17.9. The van der Waals surface area contributed by atoms with E-state index in [0.29, 0.717) is 17.3 Å². The SMILES string of the molecule is Cc1noc2c1[C@@H](c1ccc(Cl)cc1)C1=C(C[C@@H](c3ccccc3)CC1=O)N2. The first-order valence-corrected chi connectivity index (χ1v) is 9.79. The summed E-state index contributed by atoms with van der Waals surface area (Å²) in [6.45, 7) is 1.92. The van der Waals surface area contributed by atoms with E-state index in [-0.39, 0.29) is 17.6 Å². The average Bonchev–Trinajstić information content (AvgIpc) is 3.08. The van der Waals surface area contributed by atoms with Crippen LogP contribution in [0, 0.1) is 6.92 Å². The van der Waals surface area contributed by atoms with E-state index in [2.05, 4.69) is 22.6 Å². The number of aromatic nitrogens is 1. The minimum absolute atomic E-state index is 0.163. The second-order valence-electron chi connectivity index (χ2n) is 7.45. The van der Waals surface area contributed by atoms with Crippen molar-refractivity contribution in [1.29, 1.82) is 0 Å². The smallest absolute Gasteiger partial charge is 0.233 e. The van der Waals surface area contributed by atoms with Crippen molar-refractivity contribution in [2.75, 3.05) is 5.32 Å². The number of halogens is 1. The van der Waals surface area contributed by atoms with Gasteiger partial charge in [-0.05, 0) is 42.5 Å². The van der Waals surface area contributed by atoms with Crippen LogP contribution in [0.1, 0.15) is 47.1 Å². The number of allylic oxidation sites excluding steroid dienone is 2. The topological polar surface area (TPSA) is 55.1 Å². The van der Waals surface area contributed by atoms with Crippen LogP contribution < -0.4 is 5.32 Å². The molecule has 0 unspecified atom stereocenters. The maximum atomic E-state index is 13.3. The highest BCUT2D eigenvalue weighted by Gasteiger charge is 2.41. The number of hydrogen-bond acceptors (Lipinski definition) is 4. The highest BCUT2D eigenvalue weighted by molar-refractivity contribution is 6.30. The monoisotopic (exact) mass is 390 g/mol. The summed E-state index contributed by atoms with van der Waals surface area (Å²) in [5.74, 6) is 0.793. The molecule has 0 fully saturated rings. The number of fused-ring (bicyclic) bond motifs is 1. The molecule has 5 rings (SSSR count). The van der Waals surface area contributed by atoms with E-state index in [1.165, 1.54) is 5.56 Å². The third-order valence-electron chi connectivity index (χ3n) is 5.73. The molecule has 2 aromatic carbocycles. The lowest BCUT2D eigenvalue weighted by atomic mass is 9.72. The van der Waals surface area contributed by atoms with Crippen molar-refractivity contribution in [3.63, 3.8) is 0 Å². The Labute approximate surface area is 168 Å². The minimum atomic E-state index is -0.181. The van der Waals surface area contributed by atoms with Crippen LogP contribution in [0.4, 0.5) is 5.88 Å². The van der Waals surface area contributed by atoms with Crippen LogP contribution in [-0.4, -0.2) is 10.9 Å². The van der Waals surface area contributed by atoms with Crippen LogP contribution in [0.15, 0.2) is 70.4 Å². The molecule has 4 nitrogen and oxygen atoms in total. The number of Topliss-reactive ketones (excluding diaryl/α,β-unsaturated/α-hetero) is 1. The predicted octanol–water partition coefficient (Wildman–Crippen LogP) is 5.59. The average molecular weight is 391 g/mol. The van der Waals surface area contributed by atoms with Crippen molar-refractivity contribution in [1.82, 2.24) is 5.16 Å². The largest absolute Gasteiger partial charge is 0.338 e. The van der Waals surface area contributed by atoms with Gasteiger partial charge in [0.2, 0.25) is 5.88 Å². The van der Waals surface area contributed by atoms with Gasteiger partial charge in [-0.3, -0.25) is 4.79 Å². The fourth-order valence-electron chi connectivity index (χ4n) is 4.42. The highest BCUT2D eigenvalue weighted by atomic mass is 35.5. The van der Waals surface area contributed by atoms with Crippen molar-refractivity contribution < 1.29 is 9.32 Å². The molecule has 0 amide bonds. The molecule has 0 spiro atoms. The summed E-state index contributed by atoms with van der Waals surface area (Å²) in [6.07, 6.45) is 1.28. The first-order valence-electron chi connectivity index (χ1n) is 9.41. The number of rotatable bonds is 2. The second kappa shape index (κ2) is 6.64. The Bertz CT molecular complexity index is 1080. The van der Waals surface area contributed by atoms with Gasteiger partial charge in [0.25, 0.3) is 0 Å². The number of benzene rings is 2. The summed E-state index contributed by atoms with van der Waals surface area (Å²) in [5, 5.41) is 8.19. The van der Waals surface area contributed by atoms with Crippen LogP contribution in [0.2, 0.25) is 5.02 Å². The maximum absolute atomic E-state index is 13.3. The Morgan fingerprint density at radius 3 is 2.54 bits per heavy atom. The van der Waals surface area contributed by atoms with E-state index < -0.39 is 0 Å². The lowest BCUT2D eigenvalue weighted by molar-refractivity contribution is -0.116. The number of nitrogens with one attached hydrogen (secondary N) is 1. The van der Waals surface area contributed by atoms with E-state index in [1.54, 1.807) is 0 Å². The summed E-state index contributed by atoms with van der Waals surface area (Å²) < 4.78 is 5.55. The fourth-order valence-corrected chi connectivity index (χ4v) is 4.55.